The van der Waals surface area contributed by atoms with Crippen LogP contribution in [0.15, 0.2) is 0 Å². The molecule has 3 heteroatoms. The summed E-state index contributed by atoms with van der Waals surface area (Å²) in [6, 6.07) is 0. The van der Waals surface area contributed by atoms with Crippen molar-refractivity contribution in [1.29, 1.82) is 0 Å². The topological polar surface area (TPSA) is 29.1 Å². The summed E-state index contributed by atoms with van der Waals surface area (Å²) in [5, 5.41) is 3.20. The zero-order valence-electron chi connectivity index (χ0n) is 7.64. The Balaban J connectivity index is 3.01. The molecule has 0 radical (unpaired) electrons. The SMILES string of the molecule is C#CCCCNCCS(=O)CC. The van der Waals surface area contributed by atoms with Crippen molar-refractivity contribution >= 4 is 10.8 Å². The molecular formula is C9H17NOS. The van der Waals surface area contributed by atoms with Crippen molar-refractivity contribution < 1.29 is 4.21 Å². The third-order valence-electron chi connectivity index (χ3n) is 1.50. The van der Waals surface area contributed by atoms with Gasteiger partial charge in [0, 0.05) is 35.3 Å². The Kier molecular flexibility index (Phi) is 8.52. The first-order valence-corrected chi connectivity index (χ1v) is 5.79. The summed E-state index contributed by atoms with van der Waals surface area (Å²) in [5.74, 6) is 4.09. The van der Waals surface area contributed by atoms with Crippen LogP contribution in [-0.2, 0) is 10.8 Å². The summed E-state index contributed by atoms with van der Waals surface area (Å²) in [7, 11) is -0.637. The van der Waals surface area contributed by atoms with Crippen molar-refractivity contribution in [3.05, 3.63) is 0 Å². The maximum absolute atomic E-state index is 10.9. The highest BCUT2D eigenvalue weighted by Crippen LogP contribution is 1.83. The van der Waals surface area contributed by atoms with E-state index in [2.05, 4.69) is 11.2 Å². The van der Waals surface area contributed by atoms with Crippen LogP contribution in [0, 0.1) is 12.3 Å². The van der Waals surface area contributed by atoms with Crippen molar-refractivity contribution in [3.8, 4) is 12.3 Å². The molecule has 0 fully saturated rings. The van der Waals surface area contributed by atoms with E-state index in [1.807, 2.05) is 6.92 Å². The lowest BCUT2D eigenvalue weighted by Crippen LogP contribution is -2.21. The van der Waals surface area contributed by atoms with Gasteiger partial charge in [-0.2, -0.15) is 0 Å². The number of rotatable bonds is 7. The van der Waals surface area contributed by atoms with Gasteiger partial charge in [-0.25, -0.2) is 0 Å². The fourth-order valence-corrected chi connectivity index (χ4v) is 1.43. The smallest absolute Gasteiger partial charge is 0.0359 e. The predicted molar refractivity (Wildman–Crippen MR) is 54.5 cm³/mol. The van der Waals surface area contributed by atoms with E-state index in [0.29, 0.717) is 0 Å². The number of unbranched alkanes of at least 4 members (excludes halogenated alkanes) is 1. The highest BCUT2D eigenvalue weighted by molar-refractivity contribution is 7.84. The molecule has 0 saturated heterocycles. The van der Waals surface area contributed by atoms with E-state index in [-0.39, 0.29) is 0 Å². The Morgan fingerprint density at radius 2 is 2.25 bits per heavy atom. The van der Waals surface area contributed by atoms with Gasteiger partial charge in [-0.05, 0) is 13.0 Å². The Morgan fingerprint density at radius 3 is 2.83 bits per heavy atom. The van der Waals surface area contributed by atoms with Gasteiger partial charge >= 0.3 is 0 Å². The van der Waals surface area contributed by atoms with E-state index < -0.39 is 10.8 Å². The summed E-state index contributed by atoms with van der Waals surface area (Å²) >= 11 is 0. The molecule has 2 nitrogen and oxygen atoms in total. The molecule has 0 aliphatic rings. The molecule has 0 amide bonds. The van der Waals surface area contributed by atoms with Gasteiger partial charge in [0.05, 0.1) is 0 Å². The molecule has 0 heterocycles. The predicted octanol–water partition coefficient (Wildman–Crippen LogP) is 0.758. The van der Waals surface area contributed by atoms with Gasteiger partial charge in [0.15, 0.2) is 0 Å². The van der Waals surface area contributed by atoms with Gasteiger partial charge < -0.3 is 5.32 Å². The second-order valence-electron chi connectivity index (χ2n) is 2.49. The molecule has 70 valence electrons. The van der Waals surface area contributed by atoms with E-state index >= 15 is 0 Å². The minimum atomic E-state index is -0.637. The summed E-state index contributed by atoms with van der Waals surface area (Å²) in [6.07, 6.45) is 6.92. The molecule has 0 aliphatic heterocycles. The maximum Gasteiger partial charge on any atom is 0.0359 e. The number of hydrogen-bond acceptors (Lipinski definition) is 2. The normalized spacial score (nSPS) is 12.3. The summed E-state index contributed by atoms with van der Waals surface area (Å²) in [4.78, 5) is 0. The maximum atomic E-state index is 10.9. The zero-order chi connectivity index (χ0) is 9.23. The Bertz CT molecular complexity index is 162. The molecule has 0 aromatic carbocycles. The first-order chi connectivity index (χ1) is 5.81. The molecule has 1 N–H and O–H groups in total. The minimum absolute atomic E-state index is 0.637. The van der Waals surface area contributed by atoms with Gasteiger partial charge in [-0.15, -0.1) is 12.3 Å². The van der Waals surface area contributed by atoms with Crippen LogP contribution in [-0.4, -0.2) is 28.8 Å². The van der Waals surface area contributed by atoms with Crippen LogP contribution in [0.1, 0.15) is 19.8 Å². The van der Waals surface area contributed by atoms with E-state index in [4.69, 9.17) is 6.42 Å². The Morgan fingerprint density at radius 1 is 1.50 bits per heavy atom. The lowest BCUT2D eigenvalue weighted by atomic mass is 10.3. The van der Waals surface area contributed by atoms with Crippen molar-refractivity contribution in [3.63, 3.8) is 0 Å². The van der Waals surface area contributed by atoms with Crippen molar-refractivity contribution in [2.75, 3.05) is 24.6 Å². The highest BCUT2D eigenvalue weighted by atomic mass is 32.2. The van der Waals surface area contributed by atoms with E-state index in [1.54, 1.807) is 0 Å². The van der Waals surface area contributed by atoms with Gasteiger partial charge in [0.2, 0.25) is 0 Å². The van der Waals surface area contributed by atoms with Crippen LogP contribution < -0.4 is 5.32 Å². The third-order valence-corrected chi connectivity index (χ3v) is 2.81. The zero-order valence-corrected chi connectivity index (χ0v) is 8.45. The standard InChI is InChI=1S/C9H17NOS/c1-3-5-6-7-10-8-9-12(11)4-2/h1,10H,4-9H2,2H3. The summed E-state index contributed by atoms with van der Waals surface area (Å²) < 4.78 is 10.9. The molecule has 0 saturated carbocycles. The lowest BCUT2D eigenvalue weighted by molar-refractivity contribution is 0.664. The van der Waals surface area contributed by atoms with E-state index in [0.717, 1.165) is 37.4 Å². The first kappa shape index (κ1) is 11.7. The number of nitrogens with one attached hydrogen (secondary N) is 1. The second kappa shape index (κ2) is 8.76. The monoisotopic (exact) mass is 187 g/mol. The molecule has 0 aliphatic carbocycles. The second-order valence-corrected chi connectivity index (χ2v) is 4.36. The molecule has 0 rings (SSSR count). The van der Waals surface area contributed by atoms with Crippen LogP contribution in [0.3, 0.4) is 0 Å². The fourth-order valence-electron chi connectivity index (χ4n) is 0.771. The number of hydrogen-bond donors (Lipinski definition) is 1. The molecule has 12 heavy (non-hydrogen) atoms. The quantitative estimate of drug-likeness (QED) is 0.471. The molecule has 0 aromatic rings. The van der Waals surface area contributed by atoms with Crippen LogP contribution in [0.4, 0.5) is 0 Å². The Labute approximate surface area is 77.6 Å². The number of terminal acetylenes is 1. The summed E-state index contributed by atoms with van der Waals surface area (Å²) in [5.41, 5.74) is 0. The van der Waals surface area contributed by atoms with Crippen LogP contribution in [0.5, 0.6) is 0 Å². The van der Waals surface area contributed by atoms with Crippen LogP contribution in [0.25, 0.3) is 0 Å². The highest BCUT2D eigenvalue weighted by Gasteiger charge is 1.93. The van der Waals surface area contributed by atoms with Crippen LogP contribution in [0.2, 0.25) is 0 Å². The molecule has 1 atom stereocenters. The summed E-state index contributed by atoms with van der Waals surface area (Å²) in [6.45, 7) is 3.71. The molecule has 1 unspecified atom stereocenters. The van der Waals surface area contributed by atoms with Crippen LogP contribution >= 0.6 is 0 Å². The Hall–Kier alpha value is -0.330. The average Bonchev–Trinajstić information content (AvgIpc) is 2.10. The first-order valence-electron chi connectivity index (χ1n) is 4.30. The van der Waals surface area contributed by atoms with Gasteiger partial charge in [-0.3, -0.25) is 4.21 Å². The molecule has 0 spiro atoms. The van der Waals surface area contributed by atoms with E-state index in [1.165, 1.54) is 0 Å². The molecular weight excluding hydrogens is 170 g/mol. The molecule has 0 bridgehead atoms. The van der Waals surface area contributed by atoms with Crippen molar-refractivity contribution in [1.82, 2.24) is 5.32 Å². The van der Waals surface area contributed by atoms with Gasteiger partial charge in [0.1, 0.15) is 0 Å². The molecule has 0 aromatic heterocycles. The minimum Gasteiger partial charge on any atom is -0.316 e. The average molecular weight is 187 g/mol. The fraction of sp³-hybridized carbons (Fsp3) is 0.778. The lowest BCUT2D eigenvalue weighted by Gasteiger charge is -2.01. The third kappa shape index (κ3) is 7.77. The van der Waals surface area contributed by atoms with Crippen molar-refractivity contribution in [2.45, 2.75) is 19.8 Å². The van der Waals surface area contributed by atoms with Gasteiger partial charge in [0.25, 0.3) is 0 Å². The van der Waals surface area contributed by atoms with Crippen molar-refractivity contribution in [2.24, 2.45) is 0 Å². The largest absolute Gasteiger partial charge is 0.316 e. The van der Waals surface area contributed by atoms with Gasteiger partial charge in [-0.1, -0.05) is 6.92 Å². The van der Waals surface area contributed by atoms with E-state index in [9.17, 15) is 4.21 Å².